The fourth-order valence-corrected chi connectivity index (χ4v) is 2.19. The van der Waals surface area contributed by atoms with Crippen molar-refractivity contribution in [3.63, 3.8) is 0 Å². The zero-order chi connectivity index (χ0) is 15.2. The number of aliphatic carboxylic acids is 1. The third-order valence-electron chi connectivity index (χ3n) is 3.29. The quantitative estimate of drug-likeness (QED) is 0.789. The molecule has 3 N–H and O–H groups in total. The Hall–Kier alpha value is -2.56. The van der Waals surface area contributed by atoms with Crippen molar-refractivity contribution in [2.45, 2.75) is 25.8 Å². The van der Waals surface area contributed by atoms with Crippen LogP contribution >= 0.6 is 0 Å². The fraction of sp³-hybridized carbons (Fsp3) is 0.250. The molecule has 0 heterocycles. The summed E-state index contributed by atoms with van der Waals surface area (Å²) in [6.07, 6.45) is 0.481. The van der Waals surface area contributed by atoms with Gasteiger partial charge in [0.15, 0.2) is 0 Å². The molecule has 0 fully saturated rings. The van der Waals surface area contributed by atoms with Gasteiger partial charge in [-0.2, -0.15) is 0 Å². The number of hydrogen-bond donors (Lipinski definition) is 3. The average molecular weight is 286 g/mol. The van der Waals surface area contributed by atoms with Gasteiger partial charge in [0.05, 0.1) is 12.1 Å². The molecule has 0 aromatic heterocycles. The first-order chi connectivity index (χ1) is 10.1. The zero-order valence-corrected chi connectivity index (χ0v) is 11.8. The number of rotatable bonds is 5. The number of carbonyl (C=O) groups is 2. The van der Waals surface area contributed by atoms with Crippen LogP contribution in [0.3, 0.4) is 0 Å². The number of urea groups is 1. The number of carbonyl (C=O) groups excluding carboxylic acids is 1. The van der Waals surface area contributed by atoms with Gasteiger partial charge in [0.25, 0.3) is 0 Å². The molecule has 2 amide bonds. The fourth-order valence-electron chi connectivity index (χ4n) is 2.19. The van der Waals surface area contributed by atoms with Crippen LogP contribution in [0.15, 0.2) is 42.5 Å². The molecule has 5 nitrogen and oxygen atoms in total. The molecule has 2 aromatic rings. The van der Waals surface area contributed by atoms with Gasteiger partial charge >= 0.3 is 12.0 Å². The molecule has 5 heteroatoms. The molecule has 0 aliphatic rings. The Morgan fingerprint density at radius 3 is 2.57 bits per heavy atom. The number of carboxylic acids is 1. The number of anilines is 1. The Balaban J connectivity index is 2.09. The van der Waals surface area contributed by atoms with E-state index in [1.54, 1.807) is 0 Å². The lowest BCUT2D eigenvalue weighted by molar-refractivity contribution is -0.137. The molecular formula is C16H18N2O3. The SMILES string of the molecule is CCC(CC(=O)O)NC(=O)Nc1cccc2ccccc12. The van der Waals surface area contributed by atoms with E-state index in [9.17, 15) is 9.59 Å². The van der Waals surface area contributed by atoms with Crippen molar-refractivity contribution in [2.75, 3.05) is 5.32 Å². The first kappa shape index (κ1) is 14.8. The monoisotopic (exact) mass is 286 g/mol. The summed E-state index contributed by atoms with van der Waals surface area (Å²) >= 11 is 0. The number of nitrogens with one attached hydrogen (secondary N) is 2. The predicted octanol–water partition coefficient (Wildman–Crippen LogP) is 3.21. The van der Waals surface area contributed by atoms with E-state index in [1.165, 1.54) is 0 Å². The molecule has 2 rings (SSSR count). The Bertz CT molecular complexity index is 650. The van der Waals surface area contributed by atoms with Crippen LogP contribution in [-0.4, -0.2) is 23.1 Å². The highest BCUT2D eigenvalue weighted by Crippen LogP contribution is 2.22. The molecule has 0 spiro atoms. The summed E-state index contributed by atoms with van der Waals surface area (Å²) in [5.74, 6) is -0.924. The standard InChI is InChI=1S/C16H18N2O3/c1-2-12(10-15(19)20)17-16(21)18-14-9-5-7-11-6-3-4-8-13(11)14/h3-9,12H,2,10H2,1H3,(H,19,20)(H2,17,18,21). The molecule has 2 aromatic carbocycles. The highest BCUT2D eigenvalue weighted by atomic mass is 16.4. The molecule has 1 unspecified atom stereocenters. The van der Waals surface area contributed by atoms with Crippen LogP contribution in [0, 0.1) is 0 Å². The predicted molar refractivity (Wildman–Crippen MR) is 82.4 cm³/mol. The molecule has 21 heavy (non-hydrogen) atoms. The molecule has 0 bridgehead atoms. The lowest BCUT2D eigenvalue weighted by Crippen LogP contribution is -2.38. The number of amides is 2. The van der Waals surface area contributed by atoms with E-state index in [1.807, 2.05) is 49.4 Å². The Morgan fingerprint density at radius 1 is 1.14 bits per heavy atom. The van der Waals surface area contributed by atoms with E-state index in [2.05, 4.69) is 10.6 Å². The zero-order valence-electron chi connectivity index (χ0n) is 11.8. The van der Waals surface area contributed by atoms with Gasteiger partial charge in [0.2, 0.25) is 0 Å². The average Bonchev–Trinajstić information content (AvgIpc) is 2.46. The summed E-state index contributed by atoms with van der Waals surface area (Å²) in [5.41, 5.74) is 0.704. The largest absolute Gasteiger partial charge is 0.481 e. The normalized spacial score (nSPS) is 11.9. The van der Waals surface area contributed by atoms with Crippen LogP contribution in [0.2, 0.25) is 0 Å². The number of fused-ring (bicyclic) bond motifs is 1. The maximum atomic E-state index is 12.0. The van der Waals surface area contributed by atoms with Crippen LogP contribution < -0.4 is 10.6 Å². The van der Waals surface area contributed by atoms with Crippen LogP contribution in [-0.2, 0) is 4.79 Å². The van der Waals surface area contributed by atoms with E-state index in [4.69, 9.17) is 5.11 Å². The Labute approximate surface area is 123 Å². The van der Waals surface area contributed by atoms with Gasteiger partial charge in [-0.3, -0.25) is 4.79 Å². The van der Waals surface area contributed by atoms with Crippen molar-refractivity contribution in [1.82, 2.24) is 5.32 Å². The topological polar surface area (TPSA) is 78.4 Å². The smallest absolute Gasteiger partial charge is 0.319 e. The number of carboxylic acid groups (broad SMARTS) is 1. The second kappa shape index (κ2) is 6.74. The number of hydrogen-bond acceptors (Lipinski definition) is 2. The summed E-state index contributed by atoms with van der Waals surface area (Å²) < 4.78 is 0. The van der Waals surface area contributed by atoms with E-state index >= 15 is 0 Å². The molecule has 0 saturated carbocycles. The summed E-state index contributed by atoms with van der Waals surface area (Å²) in [6.45, 7) is 1.84. The maximum Gasteiger partial charge on any atom is 0.319 e. The lowest BCUT2D eigenvalue weighted by Gasteiger charge is -2.16. The molecule has 110 valence electrons. The van der Waals surface area contributed by atoms with E-state index in [-0.39, 0.29) is 18.5 Å². The van der Waals surface area contributed by atoms with Gasteiger partial charge in [-0.15, -0.1) is 0 Å². The molecule has 0 saturated heterocycles. The molecular weight excluding hydrogens is 268 g/mol. The summed E-state index contributed by atoms with van der Waals surface area (Å²) in [7, 11) is 0. The van der Waals surface area contributed by atoms with Gasteiger partial charge in [-0.05, 0) is 17.9 Å². The second-order valence-corrected chi connectivity index (χ2v) is 4.83. The van der Waals surface area contributed by atoms with Gasteiger partial charge in [0.1, 0.15) is 0 Å². The first-order valence-corrected chi connectivity index (χ1v) is 6.87. The molecule has 1 atom stereocenters. The summed E-state index contributed by atoms with van der Waals surface area (Å²) in [5, 5.41) is 16.2. The maximum absolute atomic E-state index is 12.0. The highest BCUT2D eigenvalue weighted by molar-refractivity contribution is 6.01. The van der Waals surface area contributed by atoms with Crippen molar-refractivity contribution in [3.8, 4) is 0 Å². The van der Waals surface area contributed by atoms with Crippen molar-refractivity contribution in [1.29, 1.82) is 0 Å². The van der Waals surface area contributed by atoms with Crippen molar-refractivity contribution < 1.29 is 14.7 Å². The first-order valence-electron chi connectivity index (χ1n) is 6.87. The van der Waals surface area contributed by atoms with Crippen molar-refractivity contribution >= 4 is 28.5 Å². The minimum absolute atomic E-state index is 0.0839. The van der Waals surface area contributed by atoms with Crippen LogP contribution in [0.1, 0.15) is 19.8 Å². The number of benzene rings is 2. The van der Waals surface area contributed by atoms with Gasteiger partial charge in [-0.25, -0.2) is 4.79 Å². The van der Waals surface area contributed by atoms with Gasteiger partial charge in [0, 0.05) is 11.4 Å². The molecule has 0 aliphatic heterocycles. The molecule has 0 aliphatic carbocycles. The minimum Gasteiger partial charge on any atom is -0.481 e. The third-order valence-corrected chi connectivity index (χ3v) is 3.29. The lowest BCUT2D eigenvalue weighted by atomic mass is 10.1. The van der Waals surface area contributed by atoms with Crippen LogP contribution in [0.5, 0.6) is 0 Å². The van der Waals surface area contributed by atoms with E-state index < -0.39 is 5.97 Å². The van der Waals surface area contributed by atoms with E-state index in [0.29, 0.717) is 12.1 Å². The third kappa shape index (κ3) is 3.95. The van der Waals surface area contributed by atoms with E-state index in [0.717, 1.165) is 10.8 Å². The van der Waals surface area contributed by atoms with Crippen LogP contribution in [0.4, 0.5) is 10.5 Å². The van der Waals surface area contributed by atoms with Gasteiger partial charge < -0.3 is 15.7 Å². The molecule has 0 radical (unpaired) electrons. The van der Waals surface area contributed by atoms with Crippen molar-refractivity contribution in [2.24, 2.45) is 0 Å². The second-order valence-electron chi connectivity index (χ2n) is 4.83. The van der Waals surface area contributed by atoms with Crippen LogP contribution in [0.25, 0.3) is 10.8 Å². The van der Waals surface area contributed by atoms with Gasteiger partial charge in [-0.1, -0.05) is 43.3 Å². The summed E-state index contributed by atoms with van der Waals surface area (Å²) in [6, 6.07) is 12.6. The Morgan fingerprint density at radius 2 is 1.86 bits per heavy atom. The van der Waals surface area contributed by atoms with Crippen molar-refractivity contribution in [3.05, 3.63) is 42.5 Å². The Kier molecular flexibility index (Phi) is 4.77. The highest BCUT2D eigenvalue weighted by Gasteiger charge is 2.14. The minimum atomic E-state index is -0.924. The summed E-state index contributed by atoms with van der Waals surface area (Å²) in [4.78, 5) is 22.7.